The highest BCUT2D eigenvalue weighted by atomic mass is 35.5. The second-order valence-electron chi connectivity index (χ2n) is 4.15. The van der Waals surface area contributed by atoms with Crippen LogP contribution in [0.15, 0.2) is 42.6 Å². The molecule has 22 heavy (non-hydrogen) atoms. The number of nitrogens with one attached hydrogen (secondary N) is 1. The van der Waals surface area contributed by atoms with Crippen LogP contribution in [-0.4, -0.2) is 15.8 Å². The number of carbonyl (C=O) groups is 1. The zero-order chi connectivity index (χ0) is 16.1. The topological polar surface area (TPSA) is 85.1 Å². The van der Waals surface area contributed by atoms with Gasteiger partial charge in [-0.1, -0.05) is 11.6 Å². The van der Waals surface area contributed by atoms with E-state index in [4.69, 9.17) is 11.6 Å². The van der Waals surface area contributed by atoms with Crippen LogP contribution >= 0.6 is 11.6 Å². The maximum atomic E-state index is 13.0. The van der Waals surface area contributed by atoms with Gasteiger partial charge in [0.1, 0.15) is 11.0 Å². The number of hydrogen-bond donors (Lipinski definition) is 1. The van der Waals surface area contributed by atoms with Crippen LogP contribution in [0.3, 0.4) is 0 Å². The molecule has 0 saturated carbocycles. The van der Waals surface area contributed by atoms with E-state index in [1.165, 1.54) is 24.4 Å². The molecule has 112 valence electrons. The van der Waals surface area contributed by atoms with Crippen molar-refractivity contribution in [2.45, 2.75) is 0 Å². The molecule has 1 aromatic heterocycles. The van der Waals surface area contributed by atoms with Crippen molar-refractivity contribution in [3.05, 3.63) is 69.3 Å². The molecular weight excluding hydrogens is 313 g/mol. The first-order chi connectivity index (χ1) is 10.5. The van der Waals surface area contributed by atoms with Crippen molar-refractivity contribution in [2.75, 3.05) is 5.32 Å². The summed E-state index contributed by atoms with van der Waals surface area (Å²) in [7, 11) is 0. The first kappa shape index (κ1) is 15.6. The van der Waals surface area contributed by atoms with E-state index in [1.807, 2.05) is 0 Å². The molecule has 0 aliphatic carbocycles. The standard InChI is InChI=1S/C14H9ClFN3O3/c15-13-5-4-11(8-17-13)18-14(20)6-2-9-1-3-10(16)7-12(9)19(21)22/h1-8H,(H,18,20). The molecule has 0 saturated heterocycles. The van der Waals surface area contributed by atoms with E-state index in [0.717, 1.165) is 18.2 Å². The summed E-state index contributed by atoms with van der Waals surface area (Å²) < 4.78 is 13.0. The monoisotopic (exact) mass is 321 g/mol. The Balaban J connectivity index is 2.13. The Labute approximate surface area is 129 Å². The van der Waals surface area contributed by atoms with Crippen LogP contribution in [0.5, 0.6) is 0 Å². The molecule has 1 N–H and O–H groups in total. The number of hydrogen-bond acceptors (Lipinski definition) is 4. The highest BCUT2D eigenvalue weighted by molar-refractivity contribution is 6.29. The molecule has 0 atom stereocenters. The van der Waals surface area contributed by atoms with Gasteiger partial charge in [0.15, 0.2) is 0 Å². The molecule has 1 aromatic carbocycles. The molecule has 0 aliphatic heterocycles. The molecule has 2 aromatic rings. The minimum Gasteiger partial charge on any atom is -0.321 e. The Hall–Kier alpha value is -2.80. The summed E-state index contributed by atoms with van der Waals surface area (Å²) in [5, 5.41) is 13.6. The summed E-state index contributed by atoms with van der Waals surface area (Å²) in [6.07, 6.45) is 3.71. The fourth-order valence-corrected chi connectivity index (χ4v) is 1.73. The van der Waals surface area contributed by atoms with Crippen molar-refractivity contribution in [3.8, 4) is 0 Å². The van der Waals surface area contributed by atoms with Crippen molar-refractivity contribution in [3.63, 3.8) is 0 Å². The Morgan fingerprint density at radius 1 is 1.36 bits per heavy atom. The van der Waals surface area contributed by atoms with Gasteiger partial charge in [-0.3, -0.25) is 14.9 Å². The molecule has 0 aliphatic rings. The van der Waals surface area contributed by atoms with Crippen LogP contribution < -0.4 is 5.32 Å². The van der Waals surface area contributed by atoms with Gasteiger partial charge < -0.3 is 5.32 Å². The number of benzene rings is 1. The van der Waals surface area contributed by atoms with Gasteiger partial charge in [-0.05, 0) is 30.3 Å². The van der Waals surface area contributed by atoms with Crippen molar-refractivity contribution >= 4 is 35.0 Å². The first-order valence-electron chi connectivity index (χ1n) is 6.00. The Kier molecular flexibility index (Phi) is 4.80. The highest BCUT2D eigenvalue weighted by Crippen LogP contribution is 2.21. The second kappa shape index (κ2) is 6.77. The molecule has 0 radical (unpaired) electrons. The van der Waals surface area contributed by atoms with Crippen LogP contribution in [0.25, 0.3) is 6.08 Å². The third-order valence-corrected chi connectivity index (χ3v) is 2.82. The smallest absolute Gasteiger partial charge is 0.279 e. The van der Waals surface area contributed by atoms with E-state index >= 15 is 0 Å². The third-order valence-electron chi connectivity index (χ3n) is 2.60. The highest BCUT2D eigenvalue weighted by Gasteiger charge is 2.12. The molecule has 0 fully saturated rings. The average molecular weight is 322 g/mol. The Morgan fingerprint density at radius 2 is 2.14 bits per heavy atom. The van der Waals surface area contributed by atoms with E-state index in [2.05, 4.69) is 10.3 Å². The number of anilines is 1. The van der Waals surface area contributed by atoms with Gasteiger partial charge in [-0.2, -0.15) is 0 Å². The molecule has 1 heterocycles. The second-order valence-corrected chi connectivity index (χ2v) is 4.54. The van der Waals surface area contributed by atoms with Gasteiger partial charge in [-0.25, -0.2) is 9.37 Å². The molecule has 0 bridgehead atoms. The van der Waals surface area contributed by atoms with Crippen molar-refractivity contribution < 1.29 is 14.1 Å². The van der Waals surface area contributed by atoms with E-state index < -0.39 is 22.3 Å². The van der Waals surface area contributed by atoms with Crippen LogP contribution in [0.4, 0.5) is 15.8 Å². The SMILES string of the molecule is O=C(C=Cc1ccc(F)cc1[N+](=O)[O-])Nc1ccc(Cl)nc1. The normalized spacial score (nSPS) is 10.6. The van der Waals surface area contributed by atoms with Crippen LogP contribution in [0, 0.1) is 15.9 Å². The van der Waals surface area contributed by atoms with Gasteiger partial charge in [0.2, 0.25) is 5.91 Å². The van der Waals surface area contributed by atoms with Crippen LogP contribution in [-0.2, 0) is 4.79 Å². The summed E-state index contributed by atoms with van der Waals surface area (Å²) >= 11 is 5.62. The number of nitro benzene ring substituents is 1. The fraction of sp³-hybridized carbons (Fsp3) is 0. The number of pyridine rings is 1. The quantitative estimate of drug-likeness (QED) is 0.404. The third kappa shape index (κ3) is 4.10. The van der Waals surface area contributed by atoms with E-state index in [-0.39, 0.29) is 10.7 Å². The largest absolute Gasteiger partial charge is 0.321 e. The van der Waals surface area contributed by atoms with Gasteiger partial charge in [0.25, 0.3) is 5.69 Å². The Bertz CT molecular complexity index is 747. The Morgan fingerprint density at radius 3 is 2.77 bits per heavy atom. The first-order valence-corrected chi connectivity index (χ1v) is 6.38. The molecule has 1 amide bonds. The molecule has 6 nitrogen and oxygen atoms in total. The van der Waals surface area contributed by atoms with Crippen molar-refractivity contribution in [2.24, 2.45) is 0 Å². The summed E-state index contributed by atoms with van der Waals surface area (Å²) in [6.45, 7) is 0. The van der Waals surface area contributed by atoms with Gasteiger partial charge >= 0.3 is 0 Å². The number of rotatable bonds is 4. The predicted octanol–water partition coefficient (Wildman–Crippen LogP) is 3.43. The lowest BCUT2D eigenvalue weighted by molar-refractivity contribution is -0.385. The number of amides is 1. The minimum atomic E-state index is -0.722. The number of nitrogens with zero attached hydrogens (tertiary/aromatic N) is 2. The average Bonchev–Trinajstić information content (AvgIpc) is 2.48. The summed E-state index contributed by atoms with van der Waals surface area (Å²) in [4.78, 5) is 25.6. The molecule has 8 heteroatoms. The van der Waals surface area contributed by atoms with Crippen LogP contribution in [0.2, 0.25) is 5.15 Å². The minimum absolute atomic E-state index is 0.121. The molecule has 0 unspecified atom stereocenters. The lowest BCUT2D eigenvalue weighted by Crippen LogP contribution is -2.07. The zero-order valence-corrected chi connectivity index (χ0v) is 11.7. The zero-order valence-electron chi connectivity index (χ0n) is 11.0. The van der Waals surface area contributed by atoms with E-state index in [9.17, 15) is 19.3 Å². The van der Waals surface area contributed by atoms with E-state index in [0.29, 0.717) is 5.69 Å². The number of nitro groups is 1. The lowest BCUT2D eigenvalue weighted by atomic mass is 10.1. The lowest BCUT2D eigenvalue weighted by Gasteiger charge is -2.01. The maximum Gasteiger partial charge on any atom is 0.279 e. The summed E-state index contributed by atoms with van der Waals surface area (Å²) in [5.41, 5.74) is 0.126. The number of carbonyl (C=O) groups excluding carboxylic acids is 1. The maximum absolute atomic E-state index is 13.0. The van der Waals surface area contributed by atoms with Gasteiger partial charge in [0.05, 0.1) is 28.4 Å². The fourth-order valence-electron chi connectivity index (χ4n) is 1.62. The van der Waals surface area contributed by atoms with Crippen molar-refractivity contribution in [1.82, 2.24) is 4.98 Å². The van der Waals surface area contributed by atoms with Crippen LogP contribution in [0.1, 0.15) is 5.56 Å². The predicted molar refractivity (Wildman–Crippen MR) is 80.0 cm³/mol. The molecular formula is C14H9ClFN3O3. The summed E-state index contributed by atoms with van der Waals surface area (Å²) in [5.74, 6) is -1.23. The summed E-state index contributed by atoms with van der Waals surface area (Å²) in [6, 6.07) is 6.16. The van der Waals surface area contributed by atoms with Crippen molar-refractivity contribution in [1.29, 1.82) is 0 Å². The number of aromatic nitrogens is 1. The number of halogens is 2. The van der Waals surface area contributed by atoms with E-state index in [1.54, 1.807) is 6.07 Å². The molecule has 0 spiro atoms. The molecule has 2 rings (SSSR count). The van der Waals surface area contributed by atoms with Gasteiger partial charge in [-0.15, -0.1) is 0 Å². The van der Waals surface area contributed by atoms with Gasteiger partial charge in [0, 0.05) is 6.08 Å².